The second-order valence-corrected chi connectivity index (χ2v) is 6.75. The Morgan fingerprint density at radius 1 is 1.60 bits per heavy atom. The highest BCUT2D eigenvalue weighted by Crippen LogP contribution is 2.35. The number of carboxylic acid groups (broad SMARTS) is 1. The lowest BCUT2D eigenvalue weighted by Crippen LogP contribution is -2.40. The first kappa shape index (κ1) is 15.5. The predicted molar refractivity (Wildman–Crippen MR) is 83.3 cm³/mol. The van der Waals surface area contributed by atoms with Gasteiger partial charge in [-0.3, -0.25) is 9.69 Å². The molecule has 3 nitrogen and oxygen atoms in total. The van der Waals surface area contributed by atoms with Crippen molar-refractivity contribution in [1.82, 2.24) is 4.90 Å². The average Bonchev–Trinajstić information content (AvgIpc) is 2.86. The molecule has 1 saturated heterocycles. The lowest BCUT2D eigenvalue weighted by molar-refractivity contribution is -0.144. The molecule has 112 valence electrons. The summed E-state index contributed by atoms with van der Waals surface area (Å²) in [4.78, 5) is 15.1. The van der Waals surface area contributed by atoms with Gasteiger partial charge in [0.2, 0.25) is 0 Å². The van der Waals surface area contributed by atoms with Crippen molar-refractivity contribution in [1.29, 1.82) is 0 Å². The second-order valence-electron chi connectivity index (χ2n) is 5.80. The molecule has 1 N–H and O–H groups in total. The van der Waals surface area contributed by atoms with Crippen LogP contribution in [0.25, 0.3) is 0 Å². The van der Waals surface area contributed by atoms with Gasteiger partial charge in [0.25, 0.3) is 0 Å². The van der Waals surface area contributed by atoms with Crippen LogP contribution in [0.1, 0.15) is 55.5 Å². The Morgan fingerprint density at radius 2 is 2.40 bits per heavy atom. The molecule has 0 aromatic carbocycles. The molecular weight excluding hydrogens is 270 g/mol. The molecule has 2 rings (SSSR count). The van der Waals surface area contributed by atoms with Crippen LogP contribution in [0.2, 0.25) is 0 Å². The van der Waals surface area contributed by atoms with Gasteiger partial charge in [0.1, 0.15) is 0 Å². The van der Waals surface area contributed by atoms with Gasteiger partial charge in [0, 0.05) is 17.5 Å². The number of nitrogens with zero attached hydrogens (tertiary/aromatic N) is 1. The van der Waals surface area contributed by atoms with Gasteiger partial charge in [0.05, 0.1) is 5.92 Å². The van der Waals surface area contributed by atoms with Crippen molar-refractivity contribution in [3.8, 4) is 0 Å². The number of hydrogen-bond donors (Lipinski definition) is 1. The molecule has 2 heterocycles. The van der Waals surface area contributed by atoms with E-state index < -0.39 is 5.97 Å². The monoisotopic (exact) mass is 295 g/mol. The van der Waals surface area contributed by atoms with Crippen molar-refractivity contribution < 1.29 is 9.90 Å². The number of piperidine rings is 1. The van der Waals surface area contributed by atoms with E-state index in [9.17, 15) is 9.90 Å². The third kappa shape index (κ3) is 3.61. The molecule has 0 radical (unpaired) electrons. The second kappa shape index (κ2) is 7.23. The minimum absolute atomic E-state index is 0.187. The van der Waals surface area contributed by atoms with Crippen LogP contribution in [-0.2, 0) is 4.79 Å². The molecule has 1 fully saturated rings. The Morgan fingerprint density at radius 3 is 3.00 bits per heavy atom. The zero-order valence-corrected chi connectivity index (χ0v) is 13.3. The highest BCUT2D eigenvalue weighted by molar-refractivity contribution is 7.10. The van der Waals surface area contributed by atoms with Gasteiger partial charge >= 0.3 is 5.97 Å². The zero-order valence-electron chi connectivity index (χ0n) is 12.5. The summed E-state index contributed by atoms with van der Waals surface area (Å²) in [5, 5.41) is 11.4. The van der Waals surface area contributed by atoms with E-state index in [4.69, 9.17) is 0 Å². The van der Waals surface area contributed by atoms with Gasteiger partial charge in [-0.1, -0.05) is 19.8 Å². The molecule has 20 heavy (non-hydrogen) atoms. The number of likely N-dealkylation sites (tertiary alicyclic amines) is 1. The summed E-state index contributed by atoms with van der Waals surface area (Å²) in [7, 11) is 0. The third-order valence-corrected chi connectivity index (χ3v) is 5.40. The van der Waals surface area contributed by atoms with Crippen LogP contribution in [0.5, 0.6) is 0 Å². The molecule has 0 saturated carbocycles. The Labute approximate surface area is 125 Å². The lowest BCUT2D eigenvalue weighted by Gasteiger charge is -2.37. The molecule has 0 aliphatic carbocycles. The Bertz CT molecular complexity index is 443. The van der Waals surface area contributed by atoms with E-state index in [1.807, 2.05) is 11.3 Å². The van der Waals surface area contributed by atoms with Crippen molar-refractivity contribution in [2.75, 3.05) is 13.1 Å². The summed E-state index contributed by atoms with van der Waals surface area (Å²) >= 11 is 1.82. The summed E-state index contributed by atoms with van der Waals surface area (Å²) in [5.41, 5.74) is 1.36. The summed E-state index contributed by atoms with van der Waals surface area (Å²) in [6.07, 6.45) is 5.37. The molecule has 0 bridgehead atoms. The van der Waals surface area contributed by atoms with Crippen molar-refractivity contribution >= 4 is 17.3 Å². The summed E-state index contributed by atoms with van der Waals surface area (Å²) in [6.45, 7) is 6.13. The Hall–Kier alpha value is -0.870. The summed E-state index contributed by atoms with van der Waals surface area (Å²) in [6, 6.07) is 2.59. The van der Waals surface area contributed by atoms with E-state index in [-0.39, 0.29) is 5.92 Å². The normalized spacial score (nSPS) is 21.8. The van der Waals surface area contributed by atoms with Crippen molar-refractivity contribution in [2.24, 2.45) is 5.92 Å². The molecule has 1 aliphatic heterocycles. The van der Waals surface area contributed by atoms with Crippen LogP contribution < -0.4 is 0 Å². The van der Waals surface area contributed by atoms with E-state index in [1.165, 1.54) is 23.3 Å². The first-order valence-electron chi connectivity index (χ1n) is 7.64. The Balaban J connectivity index is 2.14. The minimum atomic E-state index is -0.633. The summed E-state index contributed by atoms with van der Waals surface area (Å²) < 4.78 is 0. The fourth-order valence-electron chi connectivity index (χ4n) is 3.09. The maximum Gasteiger partial charge on any atom is 0.307 e. The van der Waals surface area contributed by atoms with Crippen molar-refractivity contribution in [2.45, 2.75) is 52.0 Å². The first-order chi connectivity index (χ1) is 9.63. The smallest absolute Gasteiger partial charge is 0.307 e. The first-order valence-corrected chi connectivity index (χ1v) is 8.52. The van der Waals surface area contributed by atoms with E-state index in [2.05, 4.69) is 30.2 Å². The van der Waals surface area contributed by atoms with Crippen molar-refractivity contribution in [3.63, 3.8) is 0 Å². The molecule has 0 spiro atoms. The fraction of sp³-hybridized carbons (Fsp3) is 0.688. The van der Waals surface area contributed by atoms with E-state index in [0.29, 0.717) is 12.6 Å². The molecule has 2 atom stereocenters. The maximum atomic E-state index is 11.3. The number of aryl methyl sites for hydroxylation is 1. The third-order valence-electron chi connectivity index (χ3n) is 4.28. The number of carbonyl (C=O) groups is 1. The van der Waals surface area contributed by atoms with Crippen LogP contribution in [0, 0.1) is 12.8 Å². The average molecular weight is 295 g/mol. The van der Waals surface area contributed by atoms with Gasteiger partial charge in [-0.25, -0.2) is 0 Å². The molecule has 4 heteroatoms. The number of thiophene rings is 1. The van der Waals surface area contributed by atoms with Gasteiger partial charge in [-0.05, 0) is 49.7 Å². The van der Waals surface area contributed by atoms with Gasteiger partial charge in [-0.2, -0.15) is 0 Å². The highest BCUT2D eigenvalue weighted by atomic mass is 32.1. The van der Waals surface area contributed by atoms with E-state index in [0.717, 1.165) is 25.8 Å². The number of carboxylic acids is 1. The number of rotatable bonds is 6. The standard InChI is InChI=1S/C16H25NO2S/c1-3-4-7-14(15-12(2)8-10-20-15)17-9-5-6-13(11-17)16(18)19/h8,10,13-14H,3-7,9,11H2,1-2H3,(H,18,19). The van der Waals surface area contributed by atoms with Crippen LogP contribution in [-0.4, -0.2) is 29.1 Å². The fourth-order valence-corrected chi connectivity index (χ4v) is 4.19. The SMILES string of the molecule is CCCCC(c1sccc1C)N1CCCC(C(=O)O)C1. The molecule has 1 aromatic heterocycles. The summed E-state index contributed by atoms with van der Waals surface area (Å²) in [5.74, 6) is -0.819. The molecular formula is C16H25NO2S. The largest absolute Gasteiger partial charge is 0.481 e. The van der Waals surface area contributed by atoms with Crippen LogP contribution in [0.15, 0.2) is 11.4 Å². The quantitative estimate of drug-likeness (QED) is 0.859. The number of unbranched alkanes of at least 4 members (excludes halogenated alkanes) is 1. The minimum Gasteiger partial charge on any atom is -0.481 e. The molecule has 2 unspecified atom stereocenters. The topological polar surface area (TPSA) is 40.5 Å². The van der Waals surface area contributed by atoms with Gasteiger partial charge in [-0.15, -0.1) is 11.3 Å². The molecule has 0 amide bonds. The highest BCUT2D eigenvalue weighted by Gasteiger charge is 2.31. The number of hydrogen-bond acceptors (Lipinski definition) is 3. The Kier molecular flexibility index (Phi) is 5.61. The predicted octanol–water partition coefficient (Wildman–Crippen LogP) is 4.08. The van der Waals surface area contributed by atoms with Crippen LogP contribution >= 0.6 is 11.3 Å². The lowest BCUT2D eigenvalue weighted by atomic mass is 9.94. The maximum absolute atomic E-state index is 11.3. The molecule has 1 aliphatic rings. The molecule has 1 aromatic rings. The van der Waals surface area contributed by atoms with Gasteiger partial charge in [0.15, 0.2) is 0 Å². The van der Waals surface area contributed by atoms with E-state index >= 15 is 0 Å². The van der Waals surface area contributed by atoms with Crippen LogP contribution in [0.4, 0.5) is 0 Å². The van der Waals surface area contributed by atoms with Gasteiger partial charge < -0.3 is 5.11 Å². The van der Waals surface area contributed by atoms with Crippen LogP contribution in [0.3, 0.4) is 0 Å². The zero-order chi connectivity index (χ0) is 14.5. The number of aliphatic carboxylic acids is 1. The van der Waals surface area contributed by atoms with Crippen molar-refractivity contribution in [3.05, 3.63) is 21.9 Å². The van der Waals surface area contributed by atoms with E-state index in [1.54, 1.807) is 0 Å².